The van der Waals surface area contributed by atoms with Gasteiger partial charge in [0.25, 0.3) is 0 Å². The van der Waals surface area contributed by atoms with Gasteiger partial charge in [-0.3, -0.25) is 10.1 Å². The van der Waals surface area contributed by atoms with E-state index in [9.17, 15) is 4.79 Å². The Morgan fingerprint density at radius 3 is 2.75 bits per heavy atom. The van der Waals surface area contributed by atoms with Crippen molar-refractivity contribution in [3.8, 4) is 0 Å². The van der Waals surface area contributed by atoms with E-state index < -0.39 is 0 Å². The normalized spacial score (nSPS) is 21.2. The second kappa shape index (κ2) is 6.36. The molecule has 0 radical (unpaired) electrons. The van der Waals surface area contributed by atoms with Crippen molar-refractivity contribution in [2.45, 2.75) is 23.3 Å². The molecule has 0 spiro atoms. The van der Waals surface area contributed by atoms with Crippen LogP contribution in [0.15, 0.2) is 0 Å². The molecule has 0 saturated carbocycles. The molecule has 20 heavy (non-hydrogen) atoms. The van der Waals surface area contributed by atoms with E-state index in [-0.39, 0.29) is 10.5 Å². The average molecular weight is 313 g/mol. The van der Waals surface area contributed by atoms with Crippen LogP contribution in [0.3, 0.4) is 0 Å². The maximum atomic E-state index is 12.1. The molecule has 0 unspecified atom stereocenters. The number of thioether (sulfide) groups is 2. The summed E-state index contributed by atoms with van der Waals surface area (Å²) in [6.07, 6.45) is 2.12. The first-order chi connectivity index (χ1) is 9.74. The topological polar surface area (TPSA) is 71.8 Å². The van der Waals surface area contributed by atoms with Crippen LogP contribution in [0.4, 0.5) is 5.95 Å². The zero-order chi connectivity index (χ0) is 13.9. The highest BCUT2D eigenvalue weighted by atomic mass is 32.2. The number of amides is 1. The quantitative estimate of drug-likeness (QED) is 0.868. The molecule has 0 aliphatic carbocycles. The molecule has 0 atom stereocenters. The monoisotopic (exact) mass is 313 g/mol. The fraction of sp³-hybridized carbons (Fsp3) is 0.750. The molecule has 1 aromatic heterocycles. The lowest BCUT2D eigenvalue weighted by molar-refractivity contribution is -0.114. The molecule has 2 aliphatic rings. The Hall–Kier alpha value is -0.730. The zero-order valence-electron chi connectivity index (χ0n) is 11.5. The largest absolute Gasteiger partial charge is 0.317 e. The number of aryl methyl sites for hydroxylation is 1. The van der Waals surface area contributed by atoms with E-state index in [1.165, 1.54) is 0 Å². The Morgan fingerprint density at radius 2 is 2.05 bits per heavy atom. The summed E-state index contributed by atoms with van der Waals surface area (Å²) in [5.74, 6) is 3.95. The molecule has 0 aromatic carbocycles. The molecule has 2 aliphatic heterocycles. The Morgan fingerprint density at radius 1 is 1.35 bits per heavy atom. The van der Waals surface area contributed by atoms with Crippen molar-refractivity contribution in [3.63, 3.8) is 0 Å². The predicted octanol–water partition coefficient (Wildman–Crippen LogP) is 1.03. The maximum absolute atomic E-state index is 12.1. The van der Waals surface area contributed by atoms with Crippen LogP contribution in [0.1, 0.15) is 24.6 Å². The SMILES string of the molecule is Cn1nc(C2CCNCC2)nc1NC(=O)C1SCCS1. The predicted molar refractivity (Wildman–Crippen MR) is 83.2 cm³/mol. The van der Waals surface area contributed by atoms with E-state index in [1.54, 1.807) is 28.2 Å². The van der Waals surface area contributed by atoms with Gasteiger partial charge in [0.15, 0.2) is 5.82 Å². The van der Waals surface area contributed by atoms with Crippen molar-refractivity contribution >= 4 is 35.4 Å². The number of hydrogen-bond donors (Lipinski definition) is 2. The lowest BCUT2D eigenvalue weighted by atomic mass is 9.98. The van der Waals surface area contributed by atoms with Gasteiger partial charge in [-0.2, -0.15) is 10.1 Å². The Labute approximate surface area is 126 Å². The molecule has 1 aromatic rings. The van der Waals surface area contributed by atoms with Crippen LogP contribution >= 0.6 is 23.5 Å². The first-order valence-corrected chi connectivity index (χ1v) is 8.99. The van der Waals surface area contributed by atoms with Crippen LogP contribution in [0.2, 0.25) is 0 Å². The van der Waals surface area contributed by atoms with E-state index in [1.807, 2.05) is 7.05 Å². The lowest BCUT2D eigenvalue weighted by Gasteiger charge is -2.19. The molecule has 6 nitrogen and oxygen atoms in total. The first-order valence-electron chi connectivity index (χ1n) is 6.90. The maximum Gasteiger partial charge on any atom is 0.249 e. The third-order valence-corrected chi connectivity index (χ3v) is 6.54. The van der Waals surface area contributed by atoms with E-state index >= 15 is 0 Å². The summed E-state index contributed by atoms with van der Waals surface area (Å²) in [5.41, 5.74) is 0. The van der Waals surface area contributed by atoms with Crippen molar-refractivity contribution in [1.82, 2.24) is 20.1 Å². The number of anilines is 1. The smallest absolute Gasteiger partial charge is 0.249 e. The standard InChI is InChI=1S/C12H19N5OS2/c1-17-12(15-10(18)11-19-6-7-20-11)14-9(16-17)8-2-4-13-5-3-8/h8,11,13H,2-7H2,1H3,(H,14,15,16,18). The molecule has 8 heteroatoms. The van der Waals surface area contributed by atoms with Crippen molar-refractivity contribution in [2.24, 2.45) is 7.05 Å². The molecule has 3 rings (SSSR count). The Balaban J connectivity index is 1.67. The molecule has 2 fully saturated rings. The first kappa shape index (κ1) is 14.2. The van der Waals surface area contributed by atoms with Gasteiger partial charge in [-0.25, -0.2) is 4.68 Å². The van der Waals surface area contributed by atoms with Gasteiger partial charge >= 0.3 is 0 Å². The number of aromatic nitrogens is 3. The van der Waals surface area contributed by atoms with Gasteiger partial charge in [-0.1, -0.05) is 0 Å². The summed E-state index contributed by atoms with van der Waals surface area (Å²) in [6, 6.07) is 0. The van der Waals surface area contributed by atoms with Crippen LogP contribution in [0.5, 0.6) is 0 Å². The number of nitrogens with zero attached hydrogens (tertiary/aromatic N) is 3. The molecular weight excluding hydrogens is 294 g/mol. The summed E-state index contributed by atoms with van der Waals surface area (Å²) in [7, 11) is 1.84. The van der Waals surface area contributed by atoms with E-state index in [2.05, 4.69) is 20.7 Å². The minimum atomic E-state index is -0.00553. The van der Waals surface area contributed by atoms with Gasteiger partial charge in [0.1, 0.15) is 4.58 Å². The summed E-state index contributed by atoms with van der Waals surface area (Å²) in [6.45, 7) is 2.03. The number of carbonyl (C=O) groups is 1. The van der Waals surface area contributed by atoms with Gasteiger partial charge in [0.05, 0.1) is 0 Å². The van der Waals surface area contributed by atoms with Crippen molar-refractivity contribution in [1.29, 1.82) is 0 Å². The summed E-state index contributed by atoms with van der Waals surface area (Å²) in [4.78, 5) is 16.6. The zero-order valence-corrected chi connectivity index (χ0v) is 13.1. The Bertz CT molecular complexity index is 480. The van der Waals surface area contributed by atoms with Gasteiger partial charge in [0, 0.05) is 24.5 Å². The number of carbonyl (C=O) groups excluding carboxylic acids is 1. The third kappa shape index (κ3) is 3.12. The molecule has 1 amide bonds. The van der Waals surface area contributed by atoms with Gasteiger partial charge in [-0.05, 0) is 25.9 Å². The molecule has 2 N–H and O–H groups in total. The second-order valence-electron chi connectivity index (χ2n) is 5.00. The lowest BCUT2D eigenvalue weighted by Crippen LogP contribution is -2.27. The minimum absolute atomic E-state index is 0.00553. The van der Waals surface area contributed by atoms with Crippen LogP contribution in [0.25, 0.3) is 0 Å². The molecule has 110 valence electrons. The highest BCUT2D eigenvalue weighted by Gasteiger charge is 2.26. The highest BCUT2D eigenvalue weighted by molar-refractivity contribution is 8.21. The van der Waals surface area contributed by atoms with Crippen molar-refractivity contribution < 1.29 is 4.79 Å². The van der Waals surface area contributed by atoms with E-state index in [4.69, 9.17) is 0 Å². The average Bonchev–Trinajstić information content (AvgIpc) is 3.10. The second-order valence-corrected chi connectivity index (χ2v) is 7.73. The molecule has 2 saturated heterocycles. The van der Waals surface area contributed by atoms with Crippen molar-refractivity contribution in [3.05, 3.63) is 5.82 Å². The van der Waals surface area contributed by atoms with Gasteiger partial charge in [0.2, 0.25) is 11.9 Å². The van der Waals surface area contributed by atoms with E-state index in [0.29, 0.717) is 11.9 Å². The number of hydrogen-bond acceptors (Lipinski definition) is 6. The summed E-state index contributed by atoms with van der Waals surface area (Å²) >= 11 is 3.39. The van der Waals surface area contributed by atoms with Crippen LogP contribution in [-0.4, -0.2) is 49.8 Å². The summed E-state index contributed by atoms with van der Waals surface area (Å²) in [5, 5.41) is 10.7. The fourth-order valence-corrected chi connectivity index (χ4v) is 5.03. The third-order valence-electron chi connectivity index (χ3n) is 3.55. The van der Waals surface area contributed by atoms with Crippen LogP contribution < -0.4 is 10.6 Å². The van der Waals surface area contributed by atoms with Gasteiger partial charge < -0.3 is 5.32 Å². The molecule has 0 bridgehead atoms. The van der Waals surface area contributed by atoms with Crippen LogP contribution in [0, 0.1) is 0 Å². The number of piperidine rings is 1. The molecule has 3 heterocycles. The number of rotatable bonds is 3. The summed E-state index contributed by atoms with van der Waals surface area (Å²) < 4.78 is 1.67. The van der Waals surface area contributed by atoms with Gasteiger partial charge in [-0.15, -0.1) is 23.5 Å². The molecular formula is C12H19N5OS2. The van der Waals surface area contributed by atoms with Crippen molar-refractivity contribution in [2.75, 3.05) is 29.9 Å². The van der Waals surface area contributed by atoms with E-state index in [0.717, 1.165) is 43.3 Å². The minimum Gasteiger partial charge on any atom is -0.317 e. The Kier molecular flexibility index (Phi) is 4.52. The highest BCUT2D eigenvalue weighted by Crippen LogP contribution is 2.32. The fourth-order valence-electron chi connectivity index (χ4n) is 2.45. The number of nitrogens with one attached hydrogen (secondary N) is 2. The van der Waals surface area contributed by atoms with Crippen LogP contribution in [-0.2, 0) is 11.8 Å².